The number of rotatable bonds is 19. The maximum absolute atomic E-state index is 14.6. The van der Waals surface area contributed by atoms with Crippen molar-refractivity contribution in [2.45, 2.75) is 83.4 Å². The van der Waals surface area contributed by atoms with E-state index in [1.54, 1.807) is 0 Å². The third-order valence-corrected chi connectivity index (χ3v) is 10.3. The number of nitrogens with zero attached hydrogens (tertiary/aromatic N) is 4. The van der Waals surface area contributed by atoms with Crippen LogP contribution in [0.5, 0.6) is 17.2 Å². The largest absolute Gasteiger partial charge is 0.497 e. The number of halogens is 30. The van der Waals surface area contributed by atoms with Crippen molar-refractivity contribution in [3.05, 3.63) is 89.5 Å². The Balaban J connectivity index is 1.29. The topological polar surface area (TPSA) is 140 Å². The van der Waals surface area contributed by atoms with Gasteiger partial charge in [-0.05, 0) is 66.7 Å². The Hall–Kier alpha value is -7.42. The molecular weight excluding hydrogens is 1210 g/mol. The molecule has 0 amide bonds. The second-order valence-electron chi connectivity index (χ2n) is 15.5. The van der Waals surface area contributed by atoms with Crippen LogP contribution in [0.4, 0.5) is 132 Å². The van der Waals surface area contributed by atoms with Crippen LogP contribution in [0.1, 0.15) is 32.4 Å². The molecule has 0 fully saturated rings. The fourth-order valence-electron chi connectivity index (χ4n) is 5.77. The highest BCUT2D eigenvalue weighted by Crippen LogP contribution is 2.65. The first-order valence-electron chi connectivity index (χ1n) is 19.5. The minimum Gasteiger partial charge on any atom is -0.497 e. The SMILES string of the molecule is COc1cc(C(=O)Oc2ccc(-c3nc(C(F)(F)C(F)(F)C(F)(F)C(F)(F)C(F)(F)C(F)(F)C(F)(F)F)no3)cc2)cc(C(=O)Oc2ccc(-c3nc(C(F)(F)C(F)(F)C(F)(F)C(F)(F)C(F)(F)C(F)(F)C(F)(F)F)no3)cc2)c1. The molecule has 0 bridgehead atoms. The molecule has 80 heavy (non-hydrogen) atoms. The molecule has 442 valence electrons. The summed E-state index contributed by atoms with van der Waals surface area (Å²) in [5.41, 5.74) is -2.77. The molecule has 2 heterocycles. The molecule has 11 nitrogen and oxygen atoms in total. The van der Waals surface area contributed by atoms with E-state index in [9.17, 15) is 141 Å². The van der Waals surface area contributed by atoms with Crippen LogP contribution in [-0.2, 0) is 11.8 Å². The molecule has 0 saturated carbocycles. The lowest BCUT2D eigenvalue weighted by Crippen LogP contribution is -2.72. The minimum absolute atomic E-state index is 0.356. The van der Waals surface area contributed by atoms with Gasteiger partial charge in [0.15, 0.2) is 0 Å². The third-order valence-electron chi connectivity index (χ3n) is 10.3. The molecule has 0 aliphatic rings. The first kappa shape index (κ1) is 63.4. The smallest absolute Gasteiger partial charge is 0.460 e. The summed E-state index contributed by atoms with van der Waals surface area (Å²) in [6, 6.07) is 7.50. The number of methoxy groups -OCH3 is 1. The fraction of sp³-hybridized carbons (Fsp3) is 0.385. The zero-order valence-electron chi connectivity index (χ0n) is 36.8. The van der Waals surface area contributed by atoms with Crippen LogP contribution in [-0.4, -0.2) is 111 Å². The Labute approximate surface area is 417 Å². The molecule has 0 aliphatic carbocycles. The van der Waals surface area contributed by atoms with Gasteiger partial charge in [-0.1, -0.05) is 10.3 Å². The van der Waals surface area contributed by atoms with E-state index in [2.05, 4.69) is 29.3 Å². The minimum atomic E-state index is -8.61. The highest BCUT2D eigenvalue weighted by Gasteiger charge is 2.95. The summed E-state index contributed by atoms with van der Waals surface area (Å²) in [4.78, 5) is 31.1. The molecule has 3 aromatic carbocycles. The van der Waals surface area contributed by atoms with E-state index in [0.717, 1.165) is 19.2 Å². The predicted molar refractivity (Wildman–Crippen MR) is 192 cm³/mol. The lowest BCUT2D eigenvalue weighted by atomic mass is 9.91. The van der Waals surface area contributed by atoms with Crippen molar-refractivity contribution in [1.82, 2.24) is 20.3 Å². The van der Waals surface area contributed by atoms with Crippen LogP contribution < -0.4 is 14.2 Å². The van der Waals surface area contributed by atoms with Gasteiger partial charge in [-0.25, -0.2) is 9.59 Å². The van der Waals surface area contributed by atoms with Gasteiger partial charge in [0.05, 0.1) is 18.2 Å². The standard InChI is InChI=1S/C39H14F30N4O7/c1-76-19-11-15(22(74)77-17-6-2-13(3-7-17)20-70-24(72-79-20)26(40,41)28(44,45)30(48,49)32(52,53)34(56,57)36(60,61)38(64,65)66)10-16(12-19)23(75)78-18-8-4-14(5-9-18)21-71-25(73-80-21)27(42,43)29(46,47)31(50,51)33(54,55)35(58,59)37(62,63)39(67,68)69/h2-12H,1H3. The van der Waals surface area contributed by atoms with E-state index in [4.69, 9.17) is 14.2 Å². The highest BCUT2D eigenvalue weighted by molar-refractivity contribution is 5.97. The van der Waals surface area contributed by atoms with Crippen molar-refractivity contribution in [3.8, 4) is 40.2 Å². The second kappa shape index (κ2) is 19.4. The zero-order valence-corrected chi connectivity index (χ0v) is 36.8. The molecule has 0 saturated heterocycles. The molecule has 0 radical (unpaired) electrons. The zero-order chi connectivity index (χ0) is 61.6. The van der Waals surface area contributed by atoms with E-state index < -0.39 is 153 Å². The molecule has 41 heteroatoms. The summed E-state index contributed by atoms with van der Waals surface area (Å²) in [6.45, 7) is 0. The van der Waals surface area contributed by atoms with Gasteiger partial charge in [0.25, 0.3) is 11.8 Å². The van der Waals surface area contributed by atoms with E-state index in [0.29, 0.717) is 54.6 Å². The van der Waals surface area contributed by atoms with Crippen LogP contribution in [0.25, 0.3) is 22.9 Å². The lowest BCUT2D eigenvalue weighted by molar-refractivity contribution is -0.454. The summed E-state index contributed by atoms with van der Waals surface area (Å²) in [5, 5.41) is 4.24. The first-order valence-corrected chi connectivity index (χ1v) is 19.5. The molecular formula is C39H14F30N4O7. The molecule has 0 atom stereocenters. The molecule has 5 rings (SSSR count). The van der Waals surface area contributed by atoms with E-state index in [-0.39, 0.29) is 5.75 Å². The van der Waals surface area contributed by atoms with Gasteiger partial charge >= 0.3 is 95.4 Å². The van der Waals surface area contributed by atoms with Crippen molar-refractivity contribution in [1.29, 1.82) is 0 Å². The Kier molecular flexibility index (Phi) is 15.4. The quantitative estimate of drug-likeness (QED) is 0.0443. The van der Waals surface area contributed by atoms with Crippen molar-refractivity contribution in [3.63, 3.8) is 0 Å². The summed E-state index contributed by atoms with van der Waals surface area (Å²) in [7, 11) is 0.954. The number of hydrogen-bond acceptors (Lipinski definition) is 11. The number of carbonyl (C=O) groups excluding carboxylic acids is 2. The average molecular weight is 1220 g/mol. The number of carbonyl (C=O) groups is 2. The summed E-state index contributed by atoms with van der Waals surface area (Å²) >= 11 is 0. The van der Waals surface area contributed by atoms with E-state index in [1.165, 1.54) is 0 Å². The van der Waals surface area contributed by atoms with Crippen molar-refractivity contribution >= 4 is 11.9 Å². The summed E-state index contributed by atoms with van der Waals surface area (Å²) < 4.78 is 433. The molecule has 0 N–H and O–H groups in total. The fourth-order valence-corrected chi connectivity index (χ4v) is 5.77. The molecule has 0 spiro atoms. The summed E-state index contributed by atoms with van der Waals surface area (Å²) in [6.07, 6.45) is -15.7. The molecule has 0 unspecified atom stereocenters. The normalized spacial score (nSPS) is 14.5. The predicted octanol–water partition coefficient (Wildman–Crippen LogP) is 13.9. The number of ether oxygens (including phenoxy) is 3. The Morgan fingerprint density at radius 3 is 0.887 bits per heavy atom. The maximum Gasteiger partial charge on any atom is 0.460 e. The number of hydrogen-bond donors (Lipinski definition) is 0. The van der Waals surface area contributed by atoms with Gasteiger partial charge in [0, 0.05) is 11.1 Å². The van der Waals surface area contributed by atoms with Crippen molar-refractivity contribution in [2.75, 3.05) is 7.11 Å². The van der Waals surface area contributed by atoms with Crippen molar-refractivity contribution in [2.24, 2.45) is 0 Å². The van der Waals surface area contributed by atoms with Crippen LogP contribution in [0.2, 0.25) is 0 Å². The van der Waals surface area contributed by atoms with Crippen LogP contribution in [0.15, 0.2) is 75.8 Å². The summed E-state index contributed by atoms with van der Waals surface area (Å²) in [5.74, 6) is -111. The number of esters is 2. The highest BCUT2D eigenvalue weighted by atomic mass is 19.4. The Bertz CT molecular complexity index is 2890. The van der Waals surface area contributed by atoms with Crippen LogP contribution in [0, 0.1) is 0 Å². The maximum atomic E-state index is 14.6. The lowest BCUT2D eigenvalue weighted by Gasteiger charge is -2.40. The van der Waals surface area contributed by atoms with Gasteiger partial charge in [-0.15, -0.1) is 0 Å². The number of benzene rings is 3. The van der Waals surface area contributed by atoms with Gasteiger partial charge in [-0.3, -0.25) is 0 Å². The van der Waals surface area contributed by atoms with E-state index >= 15 is 0 Å². The molecule has 0 aliphatic heterocycles. The third kappa shape index (κ3) is 9.61. The van der Waals surface area contributed by atoms with Gasteiger partial charge in [-0.2, -0.15) is 142 Å². The number of aromatic nitrogens is 4. The average Bonchev–Trinajstić information content (AvgIpc) is 4.06. The second-order valence-corrected chi connectivity index (χ2v) is 15.5. The van der Waals surface area contributed by atoms with Crippen molar-refractivity contribution < 1.29 is 165 Å². The van der Waals surface area contributed by atoms with E-state index in [1.807, 2.05) is 0 Å². The molecule has 2 aromatic heterocycles. The van der Waals surface area contributed by atoms with Gasteiger partial charge < -0.3 is 23.3 Å². The van der Waals surface area contributed by atoms with Crippen LogP contribution >= 0.6 is 0 Å². The van der Waals surface area contributed by atoms with Gasteiger partial charge in [0.1, 0.15) is 17.2 Å². The first-order chi connectivity index (χ1) is 35.8. The molecule has 5 aromatic rings. The van der Waals surface area contributed by atoms with Gasteiger partial charge in [0.2, 0.25) is 11.6 Å². The number of alkyl halides is 30. The Morgan fingerprint density at radius 2 is 0.625 bits per heavy atom. The Morgan fingerprint density at radius 1 is 0.362 bits per heavy atom. The van der Waals surface area contributed by atoms with Crippen LogP contribution in [0.3, 0.4) is 0 Å². The monoisotopic (exact) mass is 1220 g/mol.